The van der Waals surface area contributed by atoms with E-state index in [4.69, 9.17) is 10.5 Å². The minimum absolute atomic E-state index is 0. The minimum atomic E-state index is 0. The molecule has 0 fully saturated rings. The molecular weight excluding hydrogens is 220 g/mol. The number of thiazole rings is 1. The van der Waals surface area contributed by atoms with Crippen molar-refractivity contribution < 1.29 is 4.74 Å². The van der Waals surface area contributed by atoms with Crippen LogP contribution < -0.4 is 10.5 Å². The summed E-state index contributed by atoms with van der Waals surface area (Å²) in [5, 5.41) is 0.711. The summed E-state index contributed by atoms with van der Waals surface area (Å²) in [6.45, 7) is 2.59. The van der Waals surface area contributed by atoms with Crippen LogP contribution >= 0.6 is 23.7 Å². The van der Waals surface area contributed by atoms with E-state index in [0.29, 0.717) is 11.8 Å². The van der Waals surface area contributed by atoms with Gasteiger partial charge in [-0.2, -0.15) is 0 Å². The van der Waals surface area contributed by atoms with Crippen molar-refractivity contribution >= 4 is 39.6 Å². The summed E-state index contributed by atoms with van der Waals surface area (Å²) in [6, 6.07) is 5.66. The lowest BCUT2D eigenvalue weighted by molar-refractivity contribution is 0.339. The molecule has 5 heteroatoms. The Balaban J connectivity index is 0.000000980. The molecule has 0 saturated carbocycles. The first-order chi connectivity index (χ1) is 6.29. The number of nitrogens with two attached hydrogens (primary N) is 1. The summed E-state index contributed by atoms with van der Waals surface area (Å²) in [5.74, 6) is 0. The second-order valence-electron chi connectivity index (χ2n) is 2.64. The van der Waals surface area contributed by atoms with Crippen molar-refractivity contribution in [2.45, 2.75) is 6.92 Å². The fraction of sp³-hybridized carbons (Fsp3) is 0.222. The smallest absolute Gasteiger partial charge is 0.274 e. The van der Waals surface area contributed by atoms with Crippen molar-refractivity contribution in [2.75, 3.05) is 12.3 Å². The van der Waals surface area contributed by atoms with E-state index in [1.165, 1.54) is 11.3 Å². The van der Waals surface area contributed by atoms with Crippen molar-refractivity contribution in [1.82, 2.24) is 4.98 Å². The first-order valence-corrected chi connectivity index (χ1v) is 4.90. The van der Waals surface area contributed by atoms with Crippen molar-refractivity contribution in [3.05, 3.63) is 18.2 Å². The highest BCUT2D eigenvalue weighted by Gasteiger charge is 2.03. The van der Waals surface area contributed by atoms with E-state index in [2.05, 4.69) is 4.98 Å². The van der Waals surface area contributed by atoms with Crippen LogP contribution in [0.1, 0.15) is 6.92 Å². The molecule has 2 rings (SSSR count). The average molecular weight is 231 g/mol. The molecular formula is C9H11ClN2OS. The molecule has 0 aliphatic heterocycles. The molecule has 2 N–H and O–H groups in total. The molecule has 0 bridgehead atoms. The van der Waals surface area contributed by atoms with Gasteiger partial charge in [0.15, 0.2) is 0 Å². The van der Waals surface area contributed by atoms with Crippen molar-refractivity contribution in [1.29, 1.82) is 0 Å². The lowest BCUT2D eigenvalue weighted by Crippen LogP contribution is -1.89. The van der Waals surface area contributed by atoms with Crippen LogP contribution in [0, 0.1) is 0 Å². The number of nitrogen functional groups attached to an aromatic ring is 1. The highest BCUT2D eigenvalue weighted by Crippen LogP contribution is 2.28. The second-order valence-corrected chi connectivity index (χ2v) is 3.63. The molecule has 0 amide bonds. The molecule has 1 heterocycles. The number of aromatic nitrogens is 1. The highest BCUT2D eigenvalue weighted by atomic mass is 35.5. The number of fused-ring (bicyclic) bond motifs is 1. The van der Waals surface area contributed by atoms with Gasteiger partial charge in [-0.05, 0) is 25.1 Å². The second kappa shape index (κ2) is 4.48. The van der Waals surface area contributed by atoms with Gasteiger partial charge in [0.1, 0.15) is 0 Å². The normalized spacial score (nSPS) is 9.79. The van der Waals surface area contributed by atoms with Crippen LogP contribution in [-0.2, 0) is 0 Å². The number of halogens is 1. The third-order valence-electron chi connectivity index (χ3n) is 1.66. The van der Waals surface area contributed by atoms with Gasteiger partial charge in [-0.25, -0.2) is 4.98 Å². The Morgan fingerprint density at radius 3 is 3.00 bits per heavy atom. The van der Waals surface area contributed by atoms with E-state index in [9.17, 15) is 0 Å². The number of hydrogen-bond acceptors (Lipinski definition) is 4. The van der Waals surface area contributed by atoms with Gasteiger partial charge in [-0.1, -0.05) is 11.3 Å². The quantitative estimate of drug-likeness (QED) is 0.807. The summed E-state index contributed by atoms with van der Waals surface area (Å²) in [5.41, 5.74) is 7.36. The topological polar surface area (TPSA) is 48.1 Å². The lowest BCUT2D eigenvalue weighted by Gasteiger charge is -1.92. The maximum atomic E-state index is 5.65. The first kappa shape index (κ1) is 11.1. The Hall–Kier alpha value is -1.000. The van der Waals surface area contributed by atoms with Gasteiger partial charge in [-0.3, -0.25) is 0 Å². The summed E-state index contributed by atoms with van der Waals surface area (Å²) >= 11 is 1.52. The lowest BCUT2D eigenvalue weighted by atomic mass is 10.3. The predicted octanol–water partition coefficient (Wildman–Crippen LogP) is 2.70. The summed E-state index contributed by atoms with van der Waals surface area (Å²) in [7, 11) is 0. The summed E-state index contributed by atoms with van der Waals surface area (Å²) in [6.07, 6.45) is 0. The van der Waals surface area contributed by atoms with Crippen LogP contribution in [0.4, 0.5) is 5.69 Å². The fourth-order valence-corrected chi connectivity index (χ4v) is 2.03. The van der Waals surface area contributed by atoms with Crippen LogP contribution in [-0.4, -0.2) is 11.6 Å². The minimum Gasteiger partial charge on any atom is -0.470 e. The van der Waals surface area contributed by atoms with Gasteiger partial charge in [-0.15, -0.1) is 12.4 Å². The fourth-order valence-electron chi connectivity index (χ4n) is 1.11. The highest BCUT2D eigenvalue weighted by molar-refractivity contribution is 7.20. The molecule has 0 aliphatic carbocycles. The van der Waals surface area contributed by atoms with Gasteiger partial charge >= 0.3 is 0 Å². The van der Waals surface area contributed by atoms with Gasteiger partial charge in [0.25, 0.3) is 5.19 Å². The monoisotopic (exact) mass is 230 g/mol. The molecule has 0 radical (unpaired) electrons. The van der Waals surface area contributed by atoms with E-state index < -0.39 is 0 Å². The summed E-state index contributed by atoms with van der Waals surface area (Å²) in [4.78, 5) is 4.28. The molecule has 0 saturated heterocycles. The maximum Gasteiger partial charge on any atom is 0.274 e. The van der Waals surface area contributed by atoms with Crippen molar-refractivity contribution in [3.63, 3.8) is 0 Å². The van der Waals surface area contributed by atoms with Crippen LogP contribution in [0.2, 0.25) is 0 Å². The molecule has 76 valence electrons. The van der Waals surface area contributed by atoms with Crippen molar-refractivity contribution in [3.8, 4) is 5.19 Å². The summed E-state index contributed by atoms with van der Waals surface area (Å²) < 4.78 is 6.37. The van der Waals surface area contributed by atoms with E-state index in [-0.39, 0.29) is 12.4 Å². The molecule has 1 aromatic carbocycles. The Morgan fingerprint density at radius 2 is 2.29 bits per heavy atom. The zero-order chi connectivity index (χ0) is 9.26. The number of nitrogens with zero attached hydrogens (tertiary/aromatic N) is 1. The van der Waals surface area contributed by atoms with E-state index in [1.54, 1.807) is 0 Å². The standard InChI is InChI=1S/C9H10N2OS.ClH/c1-2-12-9-11-7-4-3-6(10)5-8(7)13-9;/h3-5H,2,10H2,1H3;1H. The SMILES string of the molecule is CCOc1nc2ccc(N)cc2s1.Cl. The van der Waals surface area contributed by atoms with Crippen LogP contribution in [0.25, 0.3) is 10.2 Å². The number of benzene rings is 1. The first-order valence-electron chi connectivity index (χ1n) is 4.08. The largest absolute Gasteiger partial charge is 0.470 e. The van der Waals surface area contributed by atoms with Gasteiger partial charge < -0.3 is 10.5 Å². The maximum absolute atomic E-state index is 5.65. The van der Waals surface area contributed by atoms with Gasteiger partial charge in [0.2, 0.25) is 0 Å². The third kappa shape index (κ3) is 2.08. The Morgan fingerprint density at radius 1 is 1.50 bits per heavy atom. The van der Waals surface area contributed by atoms with Crippen LogP contribution in [0.3, 0.4) is 0 Å². The van der Waals surface area contributed by atoms with E-state index in [0.717, 1.165) is 15.9 Å². The third-order valence-corrected chi connectivity index (χ3v) is 2.59. The Labute approximate surface area is 92.3 Å². The van der Waals surface area contributed by atoms with E-state index in [1.807, 2.05) is 25.1 Å². The Bertz CT molecular complexity index is 430. The van der Waals surface area contributed by atoms with Gasteiger partial charge in [0, 0.05) is 5.69 Å². The van der Waals surface area contributed by atoms with Crippen molar-refractivity contribution in [2.24, 2.45) is 0 Å². The molecule has 0 aliphatic rings. The Kier molecular flexibility index (Phi) is 3.55. The predicted molar refractivity (Wildman–Crippen MR) is 62.4 cm³/mol. The molecule has 2 aromatic rings. The number of hydrogen-bond donors (Lipinski definition) is 1. The van der Waals surface area contributed by atoms with Gasteiger partial charge in [0.05, 0.1) is 16.8 Å². The number of anilines is 1. The number of rotatable bonds is 2. The molecule has 1 aromatic heterocycles. The zero-order valence-corrected chi connectivity index (χ0v) is 9.32. The van der Waals surface area contributed by atoms with Crippen LogP contribution in [0.5, 0.6) is 5.19 Å². The number of ether oxygens (including phenoxy) is 1. The average Bonchev–Trinajstić information content (AvgIpc) is 2.46. The molecule has 0 unspecified atom stereocenters. The van der Waals surface area contributed by atoms with Crippen LogP contribution in [0.15, 0.2) is 18.2 Å². The molecule has 0 atom stereocenters. The van der Waals surface area contributed by atoms with E-state index >= 15 is 0 Å². The molecule has 0 spiro atoms. The zero-order valence-electron chi connectivity index (χ0n) is 7.69. The molecule has 3 nitrogen and oxygen atoms in total. The molecule has 14 heavy (non-hydrogen) atoms.